The molecule has 2 heterocycles. The monoisotopic (exact) mass is 475 g/mol. The molecule has 1 N–H and O–H groups in total. The molecule has 0 spiro atoms. The minimum absolute atomic E-state index is 0.0734. The van der Waals surface area contributed by atoms with Gasteiger partial charge in [-0.05, 0) is 57.1 Å². The van der Waals surface area contributed by atoms with Crippen LogP contribution in [0.2, 0.25) is 0 Å². The fourth-order valence-electron chi connectivity index (χ4n) is 3.59. The van der Waals surface area contributed by atoms with Gasteiger partial charge in [0.2, 0.25) is 0 Å². The van der Waals surface area contributed by atoms with E-state index in [0.29, 0.717) is 28.5 Å². The van der Waals surface area contributed by atoms with Gasteiger partial charge in [0.05, 0.1) is 16.9 Å². The average molecular weight is 475 g/mol. The summed E-state index contributed by atoms with van der Waals surface area (Å²) in [5, 5.41) is 10.2. The number of nitriles is 1. The van der Waals surface area contributed by atoms with Crippen LogP contribution in [0.4, 0.5) is 0 Å². The fraction of sp³-hybridized carbons (Fsp3) is 0.320. The smallest absolute Gasteiger partial charge is 0.489 e. The van der Waals surface area contributed by atoms with Crippen molar-refractivity contribution in [1.82, 2.24) is 9.97 Å². The lowest BCUT2D eigenvalue weighted by Gasteiger charge is -2.32. The second kappa shape index (κ2) is 9.30. The lowest BCUT2D eigenvalue weighted by Crippen LogP contribution is -2.41. The Bertz CT molecular complexity index is 1290. The molecule has 3 aromatic rings. The number of aromatic amines is 1. The van der Waals surface area contributed by atoms with Crippen molar-refractivity contribution in [2.45, 2.75) is 50.7 Å². The zero-order valence-corrected chi connectivity index (χ0v) is 20.7. The Morgan fingerprint density at radius 1 is 1.12 bits per heavy atom. The first kappa shape index (κ1) is 24.1. The summed E-state index contributed by atoms with van der Waals surface area (Å²) in [7, 11) is -0.700. The van der Waals surface area contributed by atoms with Gasteiger partial charge < -0.3 is 19.0 Å². The minimum atomic E-state index is -0.700. The zero-order chi connectivity index (χ0) is 24.5. The molecule has 0 bridgehead atoms. The molecule has 9 heteroatoms. The van der Waals surface area contributed by atoms with Crippen LogP contribution in [0.1, 0.15) is 38.8 Å². The standard InChI is InChI=1S/C25H26BN3O4S/c1-24(2)25(3,4)33-26(32-24)20-12-11-17(31-15-16-9-7-6-8-10-16)13-18(20)21-19(14-27)22(30)29-23(28-21)34-5/h6-13H,15H2,1-5H3,(H,28,29,30). The van der Waals surface area contributed by atoms with E-state index in [1.165, 1.54) is 11.8 Å². The first-order valence-electron chi connectivity index (χ1n) is 10.9. The van der Waals surface area contributed by atoms with Gasteiger partial charge >= 0.3 is 7.12 Å². The second-order valence-electron chi connectivity index (χ2n) is 9.02. The Morgan fingerprint density at radius 2 is 1.79 bits per heavy atom. The molecule has 0 saturated carbocycles. The van der Waals surface area contributed by atoms with E-state index < -0.39 is 23.9 Å². The van der Waals surface area contributed by atoms with Gasteiger partial charge in [0.1, 0.15) is 24.0 Å². The number of ether oxygens (including phenoxy) is 1. The van der Waals surface area contributed by atoms with Gasteiger partial charge in [0.25, 0.3) is 5.56 Å². The van der Waals surface area contributed by atoms with Crippen LogP contribution in [0.25, 0.3) is 11.3 Å². The van der Waals surface area contributed by atoms with Crippen molar-refractivity contribution in [1.29, 1.82) is 5.26 Å². The number of nitrogens with one attached hydrogen (secondary N) is 1. The van der Waals surface area contributed by atoms with Gasteiger partial charge in [-0.2, -0.15) is 5.26 Å². The molecule has 2 aromatic carbocycles. The van der Waals surface area contributed by atoms with Gasteiger partial charge in [0.15, 0.2) is 5.16 Å². The normalized spacial score (nSPS) is 16.3. The molecule has 174 valence electrons. The van der Waals surface area contributed by atoms with Crippen molar-refractivity contribution < 1.29 is 14.0 Å². The summed E-state index contributed by atoms with van der Waals surface area (Å²) < 4.78 is 18.6. The zero-order valence-electron chi connectivity index (χ0n) is 19.8. The minimum Gasteiger partial charge on any atom is -0.489 e. The third-order valence-corrected chi connectivity index (χ3v) is 6.82. The molecule has 1 fully saturated rings. The molecular formula is C25H26BN3O4S. The lowest BCUT2D eigenvalue weighted by molar-refractivity contribution is 0.00578. The van der Waals surface area contributed by atoms with Gasteiger partial charge in [-0.15, -0.1) is 0 Å². The maximum Gasteiger partial charge on any atom is 0.495 e. The molecule has 1 saturated heterocycles. The van der Waals surface area contributed by atoms with E-state index in [1.807, 2.05) is 82.5 Å². The van der Waals surface area contributed by atoms with Crippen LogP contribution in [-0.4, -0.2) is 34.5 Å². The van der Waals surface area contributed by atoms with Crippen LogP contribution >= 0.6 is 11.8 Å². The van der Waals surface area contributed by atoms with Gasteiger partial charge in [-0.3, -0.25) is 4.79 Å². The number of aromatic nitrogens is 2. The van der Waals surface area contributed by atoms with Crippen molar-refractivity contribution in [3.05, 3.63) is 70.0 Å². The van der Waals surface area contributed by atoms with Crippen LogP contribution in [0.3, 0.4) is 0 Å². The first-order chi connectivity index (χ1) is 16.1. The van der Waals surface area contributed by atoms with Crippen molar-refractivity contribution >= 4 is 24.3 Å². The molecule has 1 aliphatic heterocycles. The number of rotatable bonds is 6. The maximum atomic E-state index is 12.6. The van der Waals surface area contributed by atoms with E-state index >= 15 is 0 Å². The van der Waals surface area contributed by atoms with Crippen LogP contribution in [0.5, 0.6) is 5.75 Å². The summed E-state index contributed by atoms with van der Waals surface area (Å²) in [5.74, 6) is 0.579. The highest BCUT2D eigenvalue weighted by Crippen LogP contribution is 2.38. The molecule has 4 rings (SSSR count). The summed E-state index contributed by atoms with van der Waals surface area (Å²) in [6.45, 7) is 8.27. The largest absolute Gasteiger partial charge is 0.495 e. The molecule has 0 aliphatic carbocycles. The van der Waals surface area contributed by atoms with Crippen LogP contribution in [0.15, 0.2) is 58.5 Å². The number of benzene rings is 2. The van der Waals surface area contributed by atoms with Crippen molar-refractivity contribution in [3.8, 4) is 23.1 Å². The molecule has 1 aliphatic rings. The van der Waals surface area contributed by atoms with E-state index in [0.717, 1.165) is 5.56 Å². The number of hydrogen-bond acceptors (Lipinski definition) is 7. The predicted octanol–water partition coefficient (Wildman–Crippen LogP) is 3.91. The summed E-state index contributed by atoms with van der Waals surface area (Å²) in [5.41, 5.74) is 0.849. The number of thioether (sulfide) groups is 1. The average Bonchev–Trinajstić information content (AvgIpc) is 3.04. The van der Waals surface area contributed by atoms with Gasteiger partial charge in [-0.25, -0.2) is 4.98 Å². The molecule has 1 aromatic heterocycles. The Labute approximate surface area is 203 Å². The second-order valence-corrected chi connectivity index (χ2v) is 9.82. The SMILES string of the molecule is CSc1nc(-c2cc(OCc3ccccc3)ccc2B2OC(C)(C)C(C)(C)O2)c(C#N)c(=O)[nH]1. The quantitative estimate of drug-likeness (QED) is 0.328. The van der Waals surface area contributed by atoms with E-state index in [2.05, 4.69) is 9.97 Å². The molecule has 0 amide bonds. The predicted molar refractivity (Wildman–Crippen MR) is 133 cm³/mol. The van der Waals surface area contributed by atoms with Gasteiger partial charge in [0, 0.05) is 5.56 Å². The fourth-order valence-corrected chi connectivity index (χ4v) is 3.97. The summed E-state index contributed by atoms with van der Waals surface area (Å²) in [6.07, 6.45) is 1.81. The highest BCUT2D eigenvalue weighted by molar-refractivity contribution is 7.98. The summed E-state index contributed by atoms with van der Waals surface area (Å²) in [4.78, 5) is 19.9. The first-order valence-corrected chi connectivity index (χ1v) is 12.1. The van der Waals surface area contributed by atoms with Crippen molar-refractivity contribution in [3.63, 3.8) is 0 Å². The van der Waals surface area contributed by atoms with E-state index in [1.54, 1.807) is 6.07 Å². The summed E-state index contributed by atoms with van der Waals surface area (Å²) in [6, 6.07) is 17.3. The third kappa shape index (κ3) is 4.62. The van der Waals surface area contributed by atoms with Crippen LogP contribution in [0, 0.1) is 11.3 Å². The van der Waals surface area contributed by atoms with Crippen molar-refractivity contribution in [2.24, 2.45) is 0 Å². The molecule has 34 heavy (non-hydrogen) atoms. The third-order valence-electron chi connectivity index (χ3n) is 6.24. The molecule has 0 unspecified atom stereocenters. The maximum absolute atomic E-state index is 12.6. The highest BCUT2D eigenvalue weighted by atomic mass is 32.2. The Kier molecular flexibility index (Phi) is 6.59. The number of hydrogen-bond donors (Lipinski definition) is 1. The van der Waals surface area contributed by atoms with Crippen LogP contribution in [-0.2, 0) is 15.9 Å². The molecular weight excluding hydrogens is 449 g/mol. The topological polar surface area (TPSA) is 97.2 Å². The van der Waals surface area contributed by atoms with Crippen molar-refractivity contribution in [2.75, 3.05) is 6.26 Å². The molecule has 0 atom stereocenters. The van der Waals surface area contributed by atoms with Crippen LogP contribution < -0.4 is 15.8 Å². The Balaban J connectivity index is 1.83. The molecule has 0 radical (unpaired) electrons. The lowest BCUT2D eigenvalue weighted by atomic mass is 9.74. The molecule has 7 nitrogen and oxygen atoms in total. The van der Waals surface area contributed by atoms with E-state index in [4.69, 9.17) is 14.0 Å². The van der Waals surface area contributed by atoms with E-state index in [-0.39, 0.29) is 11.3 Å². The Hall–Kier alpha value is -3.06. The number of H-pyrrole nitrogens is 1. The Morgan fingerprint density at radius 3 is 2.41 bits per heavy atom. The number of nitrogens with zero attached hydrogens (tertiary/aromatic N) is 2. The summed E-state index contributed by atoms with van der Waals surface area (Å²) >= 11 is 1.29. The van der Waals surface area contributed by atoms with Gasteiger partial charge in [-0.1, -0.05) is 48.2 Å². The van der Waals surface area contributed by atoms with E-state index in [9.17, 15) is 10.1 Å². The highest BCUT2D eigenvalue weighted by Gasteiger charge is 2.52.